The number of hydrogen-bond acceptors (Lipinski definition) is 7. The monoisotopic (exact) mass is 499 g/mol. The van der Waals surface area contributed by atoms with Crippen LogP contribution in [0.15, 0.2) is 0 Å². The van der Waals surface area contributed by atoms with Crippen molar-refractivity contribution < 1.29 is 73.0 Å². The molecule has 11 heteroatoms. The molecule has 0 heterocycles. The molecule has 0 aromatic heterocycles. The van der Waals surface area contributed by atoms with Crippen LogP contribution in [0.4, 0.5) is 0 Å². The molecule has 0 spiro atoms. The molecule has 0 saturated carbocycles. The Morgan fingerprint density at radius 3 is 2.06 bits per heavy atom. The normalized spacial score (nSPS) is 15.0. The summed E-state index contributed by atoms with van der Waals surface area (Å²) in [6, 6.07) is 0. The van der Waals surface area contributed by atoms with Crippen LogP contribution in [0.2, 0.25) is 0 Å². The number of hydrogen-bond donors (Lipinski definition) is 3. The summed E-state index contributed by atoms with van der Waals surface area (Å²) in [4.78, 5) is 36.8. The van der Waals surface area contributed by atoms with Crippen molar-refractivity contribution in [1.82, 2.24) is 5.32 Å². The number of carboxylic acids is 1. The third-order valence-corrected chi connectivity index (χ3v) is 5.57. The predicted octanol–water partition coefficient (Wildman–Crippen LogP) is -4.06. The number of aliphatic carboxylic acids is 1. The molecule has 3 N–H and O–H groups in total. The van der Waals surface area contributed by atoms with Crippen LogP contribution in [-0.2, 0) is 19.1 Å². The summed E-state index contributed by atoms with van der Waals surface area (Å²) in [6.07, 6.45) is -0.160. The average Bonchev–Trinajstić information content (AvgIpc) is 2.64. The number of rotatable bonds is 16. The van der Waals surface area contributed by atoms with Gasteiger partial charge in [0.25, 0.3) is 0 Å². The first-order chi connectivity index (χ1) is 14.9. The van der Waals surface area contributed by atoms with Crippen molar-refractivity contribution in [3.63, 3.8) is 0 Å². The van der Waals surface area contributed by atoms with Crippen LogP contribution in [0.5, 0.6) is 0 Å². The zero-order valence-corrected chi connectivity index (χ0v) is 24.7. The SMILES string of the molecule is CCC(CC(CC(C)(C)C(=O)NC[N+](C)(C)CC(O)C[N+](C)(C)C)C(=O)[O-])C(=O)OCCO.[Na+]. The van der Waals surface area contributed by atoms with Gasteiger partial charge in [-0.1, -0.05) is 20.8 Å². The number of likely N-dealkylation sites (N-methyl/N-ethyl adjacent to an activating group) is 2. The van der Waals surface area contributed by atoms with E-state index in [0.29, 0.717) is 28.5 Å². The van der Waals surface area contributed by atoms with Crippen LogP contribution in [0.25, 0.3) is 0 Å². The van der Waals surface area contributed by atoms with Gasteiger partial charge in [0.05, 0.1) is 47.8 Å². The van der Waals surface area contributed by atoms with Crippen molar-refractivity contribution in [3.8, 4) is 0 Å². The van der Waals surface area contributed by atoms with E-state index in [2.05, 4.69) is 5.32 Å². The molecule has 194 valence electrons. The molecule has 0 aliphatic heterocycles. The molecular weight excluding hydrogens is 453 g/mol. The second-order valence-electron chi connectivity index (χ2n) is 11.2. The van der Waals surface area contributed by atoms with Gasteiger partial charge in [-0.2, -0.15) is 0 Å². The Labute approximate surface area is 227 Å². The minimum atomic E-state index is -1.32. The van der Waals surface area contributed by atoms with Gasteiger partial charge >= 0.3 is 35.5 Å². The number of carbonyl (C=O) groups is 3. The summed E-state index contributed by atoms with van der Waals surface area (Å²) in [5.74, 6) is -3.85. The molecule has 3 unspecified atom stereocenters. The van der Waals surface area contributed by atoms with Crippen molar-refractivity contribution in [2.75, 3.05) is 68.2 Å². The number of nitrogens with one attached hydrogen (secondary N) is 1. The molecule has 10 nitrogen and oxygen atoms in total. The van der Waals surface area contributed by atoms with Crippen molar-refractivity contribution in [2.24, 2.45) is 17.3 Å². The number of carbonyl (C=O) groups excluding carboxylic acids is 3. The minimum absolute atomic E-state index is 0. The molecule has 0 aromatic carbocycles. The molecule has 0 aliphatic rings. The van der Waals surface area contributed by atoms with E-state index in [0.717, 1.165) is 0 Å². The second kappa shape index (κ2) is 15.4. The molecule has 0 radical (unpaired) electrons. The van der Waals surface area contributed by atoms with E-state index in [1.54, 1.807) is 20.8 Å². The minimum Gasteiger partial charge on any atom is -0.550 e. The van der Waals surface area contributed by atoms with E-state index >= 15 is 0 Å². The zero-order chi connectivity index (χ0) is 26.0. The van der Waals surface area contributed by atoms with Crippen LogP contribution in [0, 0.1) is 17.3 Å². The van der Waals surface area contributed by atoms with Crippen LogP contribution < -0.4 is 40.0 Å². The maximum Gasteiger partial charge on any atom is 1.00 e. The second-order valence-corrected chi connectivity index (χ2v) is 11.2. The number of carboxylic acid groups (broad SMARTS) is 1. The van der Waals surface area contributed by atoms with Gasteiger partial charge in [-0.15, -0.1) is 0 Å². The number of quaternary nitrogens is 2. The fraction of sp³-hybridized carbons (Fsp3) is 0.870. The Bertz CT molecular complexity index is 651. The van der Waals surface area contributed by atoms with Crippen molar-refractivity contribution in [2.45, 2.75) is 46.1 Å². The fourth-order valence-electron chi connectivity index (χ4n) is 3.86. The summed E-state index contributed by atoms with van der Waals surface area (Å²) in [5.41, 5.74) is -1.01. The Morgan fingerprint density at radius 1 is 1.06 bits per heavy atom. The molecule has 0 rings (SSSR count). The number of nitrogens with zero attached hydrogens (tertiary/aromatic N) is 2. The Kier molecular flexibility index (Phi) is 16.0. The van der Waals surface area contributed by atoms with Crippen LogP contribution in [0.1, 0.15) is 40.0 Å². The standard InChI is InChI=1S/C23H45N3O7.Na/c1-9-17(21(31)33-11-10-27)12-18(20(29)30)13-23(2,3)22(32)24-16-26(7,8)15-19(28)14-25(4,5)6;/h17-19,27-28H,9-16H2,1-8H3;/q;+1/p+1. The van der Waals surface area contributed by atoms with Gasteiger partial charge in [-0.05, 0) is 19.3 Å². The summed E-state index contributed by atoms with van der Waals surface area (Å²) in [5, 5.41) is 33.8. The van der Waals surface area contributed by atoms with E-state index in [1.165, 1.54) is 0 Å². The van der Waals surface area contributed by atoms with Crippen molar-refractivity contribution >= 4 is 17.8 Å². The van der Waals surface area contributed by atoms with Crippen LogP contribution in [0.3, 0.4) is 0 Å². The van der Waals surface area contributed by atoms with E-state index in [1.807, 2.05) is 35.2 Å². The van der Waals surface area contributed by atoms with Gasteiger partial charge in [0.2, 0.25) is 5.91 Å². The molecule has 0 aliphatic carbocycles. The van der Waals surface area contributed by atoms with Crippen LogP contribution in [-0.4, -0.2) is 111 Å². The first-order valence-electron chi connectivity index (χ1n) is 11.5. The summed E-state index contributed by atoms with van der Waals surface area (Å²) in [6.45, 7) is 5.93. The first-order valence-corrected chi connectivity index (χ1v) is 11.5. The van der Waals surface area contributed by atoms with Crippen molar-refractivity contribution in [3.05, 3.63) is 0 Å². The van der Waals surface area contributed by atoms with Gasteiger partial charge < -0.3 is 39.1 Å². The Hall–Kier alpha value is -0.750. The fourth-order valence-corrected chi connectivity index (χ4v) is 3.86. The molecular formula is C23H46N3NaO7+2. The molecule has 1 amide bonds. The van der Waals surface area contributed by atoms with E-state index in [4.69, 9.17) is 9.84 Å². The zero-order valence-electron chi connectivity index (χ0n) is 22.7. The quantitative estimate of drug-likeness (QED) is 0.0851. The largest absolute Gasteiger partial charge is 1.00 e. The number of aliphatic hydroxyl groups is 2. The van der Waals surface area contributed by atoms with E-state index < -0.39 is 35.3 Å². The van der Waals surface area contributed by atoms with E-state index in [9.17, 15) is 24.6 Å². The molecule has 3 atom stereocenters. The first kappa shape index (κ1) is 35.4. The number of ether oxygens (including phenoxy) is 1. The maximum absolute atomic E-state index is 12.9. The van der Waals surface area contributed by atoms with E-state index in [-0.39, 0.29) is 68.2 Å². The van der Waals surface area contributed by atoms with Gasteiger partial charge in [-0.3, -0.25) is 9.59 Å². The molecule has 0 fully saturated rings. The Balaban J connectivity index is 0. The summed E-state index contributed by atoms with van der Waals surface area (Å²) in [7, 11) is 9.80. The molecule has 0 saturated heterocycles. The van der Waals surface area contributed by atoms with Gasteiger partial charge in [0, 0.05) is 17.3 Å². The van der Waals surface area contributed by atoms with Crippen LogP contribution >= 0.6 is 0 Å². The third-order valence-electron chi connectivity index (χ3n) is 5.57. The topological polar surface area (TPSA) is 136 Å². The summed E-state index contributed by atoms with van der Waals surface area (Å²) < 4.78 is 5.92. The third kappa shape index (κ3) is 14.6. The Morgan fingerprint density at radius 2 is 1.62 bits per heavy atom. The number of aliphatic hydroxyl groups excluding tert-OH is 2. The number of esters is 1. The van der Waals surface area contributed by atoms with Gasteiger partial charge in [0.15, 0.2) is 12.8 Å². The summed E-state index contributed by atoms with van der Waals surface area (Å²) >= 11 is 0. The average molecular weight is 500 g/mol. The molecule has 34 heavy (non-hydrogen) atoms. The number of amides is 1. The smallest absolute Gasteiger partial charge is 0.550 e. The maximum atomic E-state index is 12.9. The molecule has 0 aromatic rings. The predicted molar refractivity (Wildman–Crippen MR) is 122 cm³/mol. The van der Waals surface area contributed by atoms with Gasteiger partial charge in [0.1, 0.15) is 19.7 Å². The van der Waals surface area contributed by atoms with Gasteiger partial charge in [-0.25, -0.2) is 0 Å². The van der Waals surface area contributed by atoms with Crippen molar-refractivity contribution in [1.29, 1.82) is 0 Å². The molecule has 0 bridgehead atoms.